The second kappa shape index (κ2) is 4.04. The third-order valence-corrected chi connectivity index (χ3v) is 4.57. The van der Waals surface area contributed by atoms with Crippen LogP contribution in [0.4, 0.5) is 0 Å². The van der Waals surface area contributed by atoms with Crippen LogP contribution in [0.15, 0.2) is 24.3 Å². The van der Waals surface area contributed by atoms with Crippen LogP contribution in [-0.4, -0.2) is 29.6 Å². The Balaban J connectivity index is 1.87. The van der Waals surface area contributed by atoms with Crippen LogP contribution in [0.3, 0.4) is 0 Å². The lowest BCUT2D eigenvalue weighted by atomic mass is 9.82. The predicted octanol–water partition coefficient (Wildman–Crippen LogP) is 1.94. The number of rotatable bonds is 0. The van der Waals surface area contributed by atoms with E-state index in [9.17, 15) is 9.59 Å². The van der Waals surface area contributed by atoms with E-state index in [0.29, 0.717) is 24.0 Å². The summed E-state index contributed by atoms with van der Waals surface area (Å²) < 4.78 is 11.1. The number of ether oxygens (including phenoxy) is 2. The Morgan fingerprint density at radius 2 is 2.05 bits per heavy atom. The molecule has 1 aliphatic carbocycles. The summed E-state index contributed by atoms with van der Waals surface area (Å²) in [5.41, 5.74) is 0.798. The Morgan fingerprint density at radius 3 is 2.79 bits per heavy atom. The van der Waals surface area contributed by atoms with Crippen LogP contribution < -0.4 is 0 Å². The van der Waals surface area contributed by atoms with Crippen molar-refractivity contribution in [2.24, 2.45) is 5.92 Å². The van der Waals surface area contributed by atoms with Gasteiger partial charge in [-0.15, -0.1) is 0 Å². The molecular weight excluding hydrogens is 244 g/mol. The van der Waals surface area contributed by atoms with Gasteiger partial charge in [-0.05, 0) is 25.3 Å². The highest BCUT2D eigenvalue weighted by Crippen LogP contribution is 2.48. The van der Waals surface area contributed by atoms with Crippen LogP contribution >= 0.6 is 0 Å². The summed E-state index contributed by atoms with van der Waals surface area (Å²) in [6.07, 6.45) is 2.25. The number of carbonyl (C=O) groups is 2. The second-order valence-corrected chi connectivity index (χ2v) is 5.97. The lowest BCUT2D eigenvalue weighted by Gasteiger charge is -2.21. The zero-order valence-electron chi connectivity index (χ0n) is 11.1. The highest BCUT2D eigenvalue weighted by molar-refractivity contribution is 5.97. The molecule has 2 saturated heterocycles. The van der Waals surface area contributed by atoms with Gasteiger partial charge in [-0.3, -0.25) is 4.79 Å². The molecule has 3 fully saturated rings. The molecular formula is C15H18O4. The van der Waals surface area contributed by atoms with E-state index >= 15 is 0 Å². The minimum atomic E-state index is -0.381. The third-order valence-electron chi connectivity index (χ3n) is 4.57. The summed E-state index contributed by atoms with van der Waals surface area (Å²) in [6, 6.07) is 0. The molecule has 0 aromatic carbocycles. The zero-order valence-corrected chi connectivity index (χ0v) is 11.1. The summed E-state index contributed by atoms with van der Waals surface area (Å²) >= 11 is 0. The molecule has 3 aliphatic rings. The summed E-state index contributed by atoms with van der Waals surface area (Å²) in [5, 5.41) is 0. The van der Waals surface area contributed by atoms with Gasteiger partial charge in [0.15, 0.2) is 5.78 Å². The van der Waals surface area contributed by atoms with E-state index in [4.69, 9.17) is 9.47 Å². The number of hydrogen-bond donors (Lipinski definition) is 0. The van der Waals surface area contributed by atoms with E-state index in [1.165, 1.54) is 0 Å². The van der Waals surface area contributed by atoms with Crippen molar-refractivity contribution in [3.05, 3.63) is 24.3 Å². The SMILES string of the molecule is C=C1CCC2OC2(C)CC2OC(=O)C(=C)C2CC1=O. The van der Waals surface area contributed by atoms with Crippen LogP contribution in [0.5, 0.6) is 0 Å². The number of Topliss-reactive ketones (excluding diaryl/α,β-unsaturated/α-hetero) is 1. The molecule has 0 aromatic heterocycles. The number of ketones is 1. The highest BCUT2D eigenvalue weighted by Gasteiger charge is 2.56. The smallest absolute Gasteiger partial charge is 0.334 e. The standard InChI is InChI=1S/C15H18O4/c1-8-4-5-13-15(3,19-13)7-12-10(6-11(8)16)9(2)14(17)18-12/h10,12-13H,1-2,4-7H2,3H3. The highest BCUT2D eigenvalue weighted by atomic mass is 16.6. The van der Waals surface area contributed by atoms with Gasteiger partial charge in [-0.25, -0.2) is 4.79 Å². The van der Waals surface area contributed by atoms with E-state index in [1.54, 1.807) is 0 Å². The second-order valence-electron chi connectivity index (χ2n) is 5.97. The molecule has 4 atom stereocenters. The van der Waals surface area contributed by atoms with Crippen molar-refractivity contribution in [2.45, 2.75) is 50.4 Å². The van der Waals surface area contributed by atoms with Crippen molar-refractivity contribution in [3.63, 3.8) is 0 Å². The van der Waals surface area contributed by atoms with E-state index in [2.05, 4.69) is 13.2 Å². The minimum Gasteiger partial charge on any atom is -0.458 e. The van der Waals surface area contributed by atoms with E-state index in [-0.39, 0.29) is 41.9 Å². The topological polar surface area (TPSA) is 55.9 Å². The van der Waals surface area contributed by atoms with Gasteiger partial charge in [0.25, 0.3) is 0 Å². The molecule has 0 radical (unpaired) electrons. The molecule has 4 unspecified atom stereocenters. The number of allylic oxidation sites excluding steroid dienone is 1. The fourth-order valence-electron chi connectivity index (χ4n) is 3.13. The molecule has 2 aliphatic heterocycles. The van der Waals surface area contributed by atoms with Gasteiger partial charge in [-0.1, -0.05) is 13.2 Å². The lowest BCUT2D eigenvalue weighted by molar-refractivity contribution is -0.140. The Morgan fingerprint density at radius 1 is 1.32 bits per heavy atom. The Labute approximate surface area is 112 Å². The van der Waals surface area contributed by atoms with Gasteiger partial charge in [0.2, 0.25) is 0 Å². The van der Waals surface area contributed by atoms with Crippen molar-refractivity contribution < 1.29 is 19.1 Å². The summed E-state index contributed by atoms with van der Waals surface area (Å²) in [7, 11) is 0. The van der Waals surface area contributed by atoms with Crippen molar-refractivity contribution >= 4 is 11.8 Å². The van der Waals surface area contributed by atoms with Crippen molar-refractivity contribution in [1.29, 1.82) is 0 Å². The maximum Gasteiger partial charge on any atom is 0.334 e. The molecule has 4 nitrogen and oxygen atoms in total. The van der Waals surface area contributed by atoms with Crippen molar-refractivity contribution in [3.8, 4) is 0 Å². The van der Waals surface area contributed by atoms with Gasteiger partial charge in [0.1, 0.15) is 6.10 Å². The Kier molecular flexibility index (Phi) is 2.68. The molecule has 0 N–H and O–H groups in total. The molecule has 2 heterocycles. The molecule has 0 aromatic rings. The maximum absolute atomic E-state index is 12.1. The number of epoxide rings is 1. The largest absolute Gasteiger partial charge is 0.458 e. The van der Waals surface area contributed by atoms with Crippen LogP contribution in [0.1, 0.15) is 32.6 Å². The van der Waals surface area contributed by atoms with Crippen molar-refractivity contribution in [1.82, 2.24) is 0 Å². The van der Waals surface area contributed by atoms with Gasteiger partial charge >= 0.3 is 5.97 Å². The summed E-state index contributed by atoms with van der Waals surface area (Å²) in [5.74, 6) is -0.594. The number of carbonyl (C=O) groups excluding carboxylic acids is 2. The molecule has 102 valence electrons. The molecule has 3 rings (SSSR count). The summed E-state index contributed by atoms with van der Waals surface area (Å²) in [4.78, 5) is 23.7. The van der Waals surface area contributed by atoms with Crippen molar-refractivity contribution in [2.75, 3.05) is 0 Å². The molecule has 0 bridgehead atoms. The fraction of sp³-hybridized carbons (Fsp3) is 0.600. The van der Waals surface area contributed by atoms with E-state index in [0.717, 1.165) is 6.42 Å². The van der Waals surface area contributed by atoms with Gasteiger partial charge in [-0.2, -0.15) is 0 Å². The first kappa shape index (κ1) is 12.6. The van der Waals surface area contributed by atoms with Crippen LogP contribution in [0.2, 0.25) is 0 Å². The predicted molar refractivity (Wildman–Crippen MR) is 68.4 cm³/mol. The van der Waals surface area contributed by atoms with Gasteiger partial charge < -0.3 is 9.47 Å². The third kappa shape index (κ3) is 2.04. The quantitative estimate of drug-likeness (QED) is 0.380. The van der Waals surface area contributed by atoms with Crippen LogP contribution in [-0.2, 0) is 19.1 Å². The first-order valence-electron chi connectivity index (χ1n) is 6.69. The zero-order chi connectivity index (χ0) is 13.8. The van der Waals surface area contributed by atoms with Gasteiger partial charge in [0.05, 0.1) is 11.7 Å². The Bertz CT molecular complexity index is 492. The lowest BCUT2D eigenvalue weighted by Crippen LogP contribution is -2.28. The molecule has 0 amide bonds. The average Bonchev–Trinajstić information content (AvgIpc) is 2.93. The molecule has 19 heavy (non-hydrogen) atoms. The van der Waals surface area contributed by atoms with E-state index in [1.807, 2.05) is 6.92 Å². The van der Waals surface area contributed by atoms with Crippen LogP contribution in [0.25, 0.3) is 0 Å². The van der Waals surface area contributed by atoms with Gasteiger partial charge in [0, 0.05) is 24.3 Å². The summed E-state index contributed by atoms with van der Waals surface area (Å²) in [6.45, 7) is 9.65. The normalized spacial score (nSPS) is 42.5. The molecule has 4 heteroatoms. The number of fused-ring (bicyclic) bond motifs is 2. The molecule has 1 saturated carbocycles. The number of esters is 1. The molecule has 0 spiro atoms. The first-order valence-corrected chi connectivity index (χ1v) is 6.69. The maximum atomic E-state index is 12.1. The monoisotopic (exact) mass is 262 g/mol. The fourth-order valence-corrected chi connectivity index (χ4v) is 3.13. The number of hydrogen-bond acceptors (Lipinski definition) is 4. The Hall–Kier alpha value is -1.42. The minimum absolute atomic E-state index is 0.0127. The van der Waals surface area contributed by atoms with Crippen LogP contribution in [0, 0.1) is 5.92 Å². The first-order chi connectivity index (χ1) is 8.90. The van der Waals surface area contributed by atoms with E-state index < -0.39 is 0 Å². The average molecular weight is 262 g/mol.